The average molecular weight is 370 g/mol. The summed E-state index contributed by atoms with van der Waals surface area (Å²) in [6, 6.07) is 4.31. The Hall–Kier alpha value is -1.20. The molecule has 126 valence electrons. The summed E-state index contributed by atoms with van der Waals surface area (Å²) in [5.74, 6) is 0.823. The Morgan fingerprint density at radius 1 is 1.21 bits per heavy atom. The Morgan fingerprint density at radius 3 is 2.83 bits per heavy atom. The second kappa shape index (κ2) is 5.95. The number of benzene rings is 1. The van der Waals surface area contributed by atoms with Crippen LogP contribution in [0.2, 0.25) is 5.02 Å². The number of alkyl halides is 3. The molecule has 2 heterocycles. The van der Waals surface area contributed by atoms with Gasteiger partial charge in [-0.2, -0.15) is 13.2 Å². The van der Waals surface area contributed by atoms with Crippen molar-refractivity contribution in [3.8, 4) is 0 Å². The van der Waals surface area contributed by atoms with Crippen molar-refractivity contribution in [1.82, 2.24) is 0 Å². The molecule has 1 aliphatic carbocycles. The fourth-order valence-corrected chi connectivity index (χ4v) is 5.08. The van der Waals surface area contributed by atoms with Crippen LogP contribution in [0.15, 0.2) is 45.4 Å². The van der Waals surface area contributed by atoms with Gasteiger partial charge in [-0.15, -0.1) is 11.8 Å². The van der Waals surface area contributed by atoms with Crippen LogP contribution in [-0.4, -0.2) is 11.5 Å². The summed E-state index contributed by atoms with van der Waals surface area (Å²) in [6.07, 6.45) is 1.52. The van der Waals surface area contributed by atoms with Crippen molar-refractivity contribution in [2.24, 2.45) is 4.99 Å². The summed E-state index contributed by atoms with van der Waals surface area (Å²) >= 11 is 7.51. The highest BCUT2D eigenvalue weighted by atomic mass is 35.5. The number of aliphatic imine (C=N–C) groups is 1. The standard InChI is InChI=1S/C18H15ClF3NS/c19-13-6-5-10(9-12(13)18(20,21)22)16-11-3-1-2-4-14(11)23-15-7-8-24-17(15)16/h3,5-6,9,16H,1-2,4,7-8H2. The predicted octanol–water partition coefficient (Wildman–Crippen LogP) is 6.36. The SMILES string of the molecule is FC(F)(F)c1cc(C2C3=CCCCC3=NC3=C2SCC3)ccc1Cl. The highest BCUT2D eigenvalue weighted by Crippen LogP contribution is 2.51. The average Bonchev–Trinajstić information content (AvgIpc) is 3.00. The van der Waals surface area contributed by atoms with Gasteiger partial charge in [-0.3, -0.25) is 4.99 Å². The maximum absolute atomic E-state index is 13.3. The minimum absolute atomic E-state index is 0.126. The predicted molar refractivity (Wildman–Crippen MR) is 92.7 cm³/mol. The molecule has 24 heavy (non-hydrogen) atoms. The van der Waals surface area contributed by atoms with Crippen molar-refractivity contribution < 1.29 is 13.2 Å². The zero-order chi connectivity index (χ0) is 16.9. The van der Waals surface area contributed by atoms with Crippen LogP contribution in [0.1, 0.15) is 42.7 Å². The number of thioether (sulfide) groups is 1. The van der Waals surface area contributed by atoms with Crippen LogP contribution in [0.4, 0.5) is 13.2 Å². The molecule has 0 bridgehead atoms. The summed E-state index contributed by atoms with van der Waals surface area (Å²) in [5, 5.41) is -0.248. The Kier molecular flexibility index (Phi) is 4.04. The lowest BCUT2D eigenvalue weighted by Crippen LogP contribution is -2.20. The maximum atomic E-state index is 13.3. The molecule has 2 aliphatic heterocycles. The van der Waals surface area contributed by atoms with Crippen molar-refractivity contribution in [3.05, 3.63) is 56.6 Å². The van der Waals surface area contributed by atoms with Gasteiger partial charge in [0.25, 0.3) is 0 Å². The number of fused-ring (bicyclic) bond motifs is 1. The molecule has 0 amide bonds. The van der Waals surface area contributed by atoms with E-state index in [1.165, 1.54) is 12.1 Å². The molecule has 1 aromatic carbocycles. The largest absolute Gasteiger partial charge is 0.417 e. The molecule has 0 radical (unpaired) electrons. The molecule has 0 spiro atoms. The van der Waals surface area contributed by atoms with Crippen molar-refractivity contribution >= 4 is 29.1 Å². The quantitative estimate of drug-likeness (QED) is 0.561. The van der Waals surface area contributed by atoms with Crippen LogP contribution in [0, 0.1) is 0 Å². The van der Waals surface area contributed by atoms with E-state index in [1.807, 2.05) is 0 Å². The highest BCUT2D eigenvalue weighted by Gasteiger charge is 2.38. The van der Waals surface area contributed by atoms with E-state index in [2.05, 4.69) is 6.08 Å². The Labute approximate surface area is 147 Å². The highest BCUT2D eigenvalue weighted by molar-refractivity contribution is 8.03. The van der Waals surface area contributed by atoms with E-state index in [-0.39, 0.29) is 10.9 Å². The maximum Gasteiger partial charge on any atom is 0.417 e. The minimum atomic E-state index is -4.44. The molecule has 0 N–H and O–H groups in total. The lowest BCUT2D eigenvalue weighted by Gasteiger charge is -2.30. The van der Waals surface area contributed by atoms with E-state index in [4.69, 9.17) is 16.6 Å². The molecule has 0 saturated carbocycles. The van der Waals surface area contributed by atoms with Gasteiger partial charge in [-0.25, -0.2) is 0 Å². The van der Waals surface area contributed by atoms with E-state index < -0.39 is 11.7 Å². The van der Waals surface area contributed by atoms with Gasteiger partial charge in [-0.1, -0.05) is 23.7 Å². The van der Waals surface area contributed by atoms with Gasteiger partial charge in [0, 0.05) is 22.3 Å². The number of allylic oxidation sites excluding steroid dienone is 4. The Balaban J connectivity index is 1.86. The minimum Gasteiger partial charge on any atom is -0.257 e. The van der Waals surface area contributed by atoms with Crippen molar-refractivity contribution in [2.75, 3.05) is 5.75 Å². The first-order chi connectivity index (χ1) is 11.4. The molecule has 3 aliphatic rings. The van der Waals surface area contributed by atoms with Gasteiger partial charge < -0.3 is 0 Å². The number of hydrogen-bond acceptors (Lipinski definition) is 2. The zero-order valence-electron chi connectivity index (χ0n) is 12.8. The van der Waals surface area contributed by atoms with Crippen LogP contribution >= 0.6 is 23.4 Å². The summed E-state index contributed by atoms with van der Waals surface area (Å²) in [6.45, 7) is 0. The van der Waals surface area contributed by atoms with E-state index in [1.54, 1.807) is 17.8 Å². The van der Waals surface area contributed by atoms with Gasteiger partial charge in [-0.05, 0) is 49.0 Å². The first kappa shape index (κ1) is 16.3. The molecular weight excluding hydrogens is 355 g/mol. The summed E-state index contributed by atoms with van der Waals surface area (Å²) in [4.78, 5) is 5.90. The molecule has 1 aromatic rings. The zero-order valence-corrected chi connectivity index (χ0v) is 14.4. The van der Waals surface area contributed by atoms with Crippen LogP contribution in [0.5, 0.6) is 0 Å². The van der Waals surface area contributed by atoms with Gasteiger partial charge in [0.15, 0.2) is 0 Å². The Bertz CT molecular complexity index is 792. The monoisotopic (exact) mass is 369 g/mol. The molecule has 0 aromatic heterocycles. The van der Waals surface area contributed by atoms with E-state index in [0.29, 0.717) is 5.56 Å². The van der Waals surface area contributed by atoms with Gasteiger partial charge in [0.2, 0.25) is 0 Å². The molecule has 6 heteroatoms. The summed E-state index contributed by atoms with van der Waals surface area (Å²) in [7, 11) is 0. The first-order valence-corrected chi connectivity index (χ1v) is 9.32. The molecule has 4 rings (SSSR count). The molecule has 1 atom stereocenters. The number of hydrogen-bond donors (Lipinski definition) is 0. The molecule has 0 fully saturated rings. The lowest BCUT2D eigenvalue weighted by molar-refractivity contribution is -0.137. The van der Waals surface area contributed by atoms with E-state index in [0.717, 1.165) is 53.3 Å². The molecular formula is C18H15ClF3NS. The van der Waals surface area contributed by atoms with Crippen LogP contribution in [0.3, 0.4) is 0 Å². The molecule has 1 unspecified atom stereocenters. The fourth-order valence-electron chi connectivity index (χ4n) is 3.59. The molecule has 1 nitrogen and oxygen atoms in total. The number of rotatable bonds is 1. The normalized spacial score (nSPS) is 23.6. The fraction of sp³-hybridized carbons (Fsp3) is 0.389. The first-order valence-electron chi connectivity index (χ1n) is 7.95. The number of halogens is 4. The smallest absolute Gasteiger partial charge is 0.257 e. The van der Waals surface area contributed by atoms with Crippen LogP contribution < -0.4 is 0 Å². The van der Waals surface area contributed by atoms with Gasteiger partial charge in [0.1, 0.15) is 0 Å². The van der Waals surface area contributed by atoms with Crippen molar-refractivity contribution in [3.63, 3.8) is 0 Å². The molecule has 0 saturated heterocycles. The topological polar surface area (TPSA) is 12.4 Å². The van der Waals surface area contributed by atoms with E-state index in [9.17, 15) is 13.2 Å². The third-order valence-corrected chi connectivity index (χ3v) is 6.19. The Morgan fingerprint density at radius 2 is 2.04 bits per heavy atom. The lowest BCUT2D eigenvalue weighted by atomic mass is 9.80. The summed E-state index contributed by atoms with van der Waals surface area (Å²) in [5.41, 5.74) is 3.10. The van der Waals surface area contributed by atoms with Gasteiger partial charge in [0.05, 0.1) is 16.3 Å². The van der Waals surface area contributed by atoms with Gasteiger partial charge >= 0.3 is 6.18 Å². The van der Waals surface area contributed by atoms with Crippen LogP contribution in [-0.2, 0) is 6.18 Å². The second-order valence-electron chi connectivity index (χ2n) is 6.19. The van der Waals surface area contributed by atoms with Crippen LogP contribution in [0.25, 0.3) is 0 Å². The third kappa shape index (κ3) is 2.72. The third-order valence-electron chi connectivity index (χ3n) is 4.67. The van der Waals surface area contributed by atoms with E-state index >= 15 is 0 Å². The van der Waals surface area contributed by atoms with Crippen molar-refractivity contribution in [1.29, 1.82) is 0 Å². The number of nitrogens with zero attached hydrogens (tertiary/aromatic N) is 1. The van der Waals surface area contributed by atoms with Crippen molar-refractivity contribution in [2.45, 2.75) is 37.8 Å². The summed E-state index contributed by atoms with van der Waals surface area (Å²) < 4.78 is 39.8. The second-order valence-corrected chi connectivity index (χ2v) is 7.73.